The first-order chi connectivity index (χ1) is 19.0. The van der Waals surface area contributed by atoms with E-state index in [0.717, 1.165) is 44.1 Å². The summed E-state index contributed by atoms with van der Waals surface area (Å²) >= 11 is 0. The molecule has 39 heavy (non-hydrogen) atoms. The average molecular weight is 544 g/mol. The second-order valence-corrected chi connectivity index (χ2v) is 10.2. The molecule has 1 aromatic carbocycles. The van der Waals surface area contributed by atoms with Crippen molar-refractivity contribution in [2.75, 3.05) is 47.2 Å². The molecule has 1 heterocycles. The lowest BCUT2D eigenvalue weighted by Crippen LogP contribution is -2.51. The van der Waals surface area contributed by atoms with E-state index in [1.165, 1.54) is 6.42 Å². The van der Waals surface area contributed by atoms with Gasteiger partial charge in [0.05, 0.1) is 40.0 Å². The van der Waals surface area contributed by atoms with Gasteiger partial charge in [-0.05, 0) is 55.7 Å². The maximum absolute atomic E-state index is 14.4. The lowest BCUT2D eigenvalue weighted by atomic mass is 9.75. The molecule has 216 valence electrons. The Morgan fingerprint density at radius 3 is 2.36 bits per heavy atom. The standard InChI is InChI=1S/C31H45NO7/c1-5-17-37-19-12-20-38-27-22-24(21-26(35-3)29(27)36-4)28(23-13-8-7-9-14-23)30(33)32-16-11-10-15-25(32)31(34)39-18-6-2/h5-6,21-23,25,28H,1-2,7-20H2,3-4H3/t25-,28-/m0/s1. The maximum Gasteiger partial charge on any atom is 0.329 e. The molecule has 0 spiro atoms. The molecule has 1 aliphatic carbocycles. The smallest absolute Gasteiger partial charge is 0.329 e. The zero-order valence-electron chi connectivity index (χ0n) is 23.7. The second kappa shape index (κ2) is 16.2. The maximum atomic E-state index is 14.4. The van der Waals surface area contributed by atoms with Crippen LogP contribution in [0.25, 0.3) is 0 Å². The normalized spacial score (nSPS) is 18.6. The molecule has 1 aromatic rings. The van der Waals surface area contributed by atoms with Gasteiger partial charge in [0.25, 0.3) is 0 Å². The number of ether oxygens (including phenoxy) is 5. The van der Waals surface area contributed by atoms with Crippen LogP contribution in [-0.2, 0) is 19.1 Å². The lowest BCUT2D eigenvalue weighted by Gasteiger charge is -2.39. The van der Waals surface area contributed by atoms with E-state index in [2.05, 4.69) is 13.2 Å². The van der Waals surface area contributed by atoms with Gasteiger partial charge in [-0.1, -0.05) is 38.0 Å². The minimum absolute atomic E-state index is 0.0295. The zero-order chi connectivity index (χ0) is 28.0. The van der Waals surface area contributed by atoms with E-state index in [9.17, 15) is 9.59 Å². The number of hydrogen-bond acceptors (Lipinski definition) is 7. The van der Waals surface area contributed by atoms with E-state index in [0.29, 0.717) is 56.5 Å². The molecule has 2 aliphatic rings. The van der Waals surface area contributed by atoms with Gasteiger partial charge in [0, 0.05) is 13.0 Å². The van der Waals surface area contributed by atoms with E-state index in [1.807, 2.05) is 12.1 Å². The largest absolute Gasteiger partial charge is 0.493 e. The van der Waals surface area contributed by atoms with E-state index < -0.39 is 12.0 Å². The van der Waals surface area contributed by atoms with E-state index in [1.54, 1.807) is 31.3 Å². The van der Waals surface area contributed by atoms with Crippen LogP contribution in [0.2, 0.25) is 0 Å². The van der Waals surface area contributed by atoms with Gasteiger partial charge >= 0.3 is 5.97 Å². The Hall–Kier alpha value is -3.00. The predicted octanol–water partition coefficient (Wildman–Crippen LogP) is 5.45. The van der Waals surface area contributed by atoms with Gasteiger partial charge in [-0.3, -0.25) is 4.79 Å². The van der Waals surface area contributed by atoms with Crippen LogP contribution in [0.5, 0.6) is 17.2 Å². The van der Waals surface area contributed by atoms with Crippen molar-refractivity contribution >= 4 is 11.9 Å². The van der Waals surface area contributed by atoms with Crippen LogP contribution in [0.3, 0.4) is 0 Å². The van der Waals surface area contributed by atoms with Gasteiger partial charge in [0.2, 0.25) is 11.7 Å². The topological polar surface area (TPSA) is 83.5 Å². The first-order valence-electron chi connectivity index (χ1n) is 14.2. The molecule has 1 aliphatic heterocycles. The Bertz CT molecular complexity index is 957. The molecule has 8 heteroatoms. The Balaban J connectivity index is 1.94. The fourth-order valence-corrected chi connectivity index (χ4v) is 5.69. The van der Waals surface area contributed by atoms with Gasteiger partial charge in [-0.2, -0.15) is 0 Å². The quantitative estimate of drug-likeness (QED) is 0.165. The van der Waals surface area contributed by atoms with E-state index in [-0.39, 0.29) is 24.4 Å². The number of esters is 1. The van der Waals surface area contributed by atoms with Crippen molar-refractivity contribution in [2.24, 2.45) is 5.92 Å². The summed E-state index contributed by atoms with van der Waals surface area (Å²) < 4.78 is 28.3. The van der Waals surface area contributed by atoms with Crippen molar-refractivity contribution in [2.45, 2.75) is 69.7 Å². The van der Waals surface area contributed by atoms with Gasteiger partial charge in [-0.15, -0.1) is 6.58 Å². The molecule has 1 amide bonds. The first kappa shape index (κ1) is 30.5. The summed E-state index contributed by atoms with van der Waals surface area (Å²) in [6.07, 6.45) is 11.6. The Morgan fingerprint density at radius 1 is 0.949 bits per heavy atom. The minimum Gasteiger partial charge on any atom is -0.493 e. The van der Waals surface area contributed by atoms with Gasteiger partial charge < -0.3 is 28.6 Å². The highest BCUT2D eigenvalue weighted by molar-refractivity contribution is 5.89. The molecule has 1 saturated carbocycles. The molecule has 0 unspecified atom stereocenters. The predicted molar refractivity (Wildman–Crippen MR) is 150 cm³/mol. The fourth-order valence-electron chi connectivity index (χ4n) is 5.69. The van der Waals surface area contributed by atoms with Gasteiger partial charge in [0.1, 0.15) is 12.6 Å². The molecule has 3 rings (SSSR count). The van der Waals surface area contributed by atoms with Crippen molar-refractivity contribution in [1.82, 2.24) is 4.90 Å². The molecule has 2 atom stereocenters. The number of likely N-dealkylation sites (tertiary alicyclic amines) is 1. The summed E-state index contributed by atoms with van der Waals surface area (Å²) in [5.74, 6) is 0.893. The van der Waals surface area contributed by atoms with Crippen LogP contribution in [0, 0.1) is 5.92 Å². The SMILES string of the molecule is C=CCOCCCOc1cc([C@@H](C(=O)N2CCCC[C@H]2C(=O)OCC=C)C2CCCCC2)cc(OC)c1OC. The van der Waals surface area contributed by atoms with Crippen molar-refractivity contribution in [3.8, 4) is 17.2 Å². The Kier molecular flexibility index (Phi) is 12.7. The van der Waals surface area contributed by atoms with Crippen LogP contribution >= 0.6 is 0 Å². The van der Waals surface area contributed by atoms with Crippen LogP contribution in [0.1, 0.15) is 69.3 Å². The molecule has 0 aromatic heterocycles. The summed E-state index contributed by atoms with van der Waals surface area (Å²) in [5, 5.41) is 0. The van der Waals surface area contributed by atoms with Crippen molar-refractivity contribution in [3.63, 3.8) is 0 Å². The highest BCUT2D eigenvalue weighted by atomic mass is 16.5. The third kappa shape index (κ3) is 8.24. The lowest BCUT2D eigenvalue weighted by molar-refractivity contribution is -0.157. The number of amides is 1. The summed E-state index contributed by atoms with van der Waals surface area (Å²) in [6.45, 7) is 9.44. The Morgan fingerprint density at radius 2 is 1.67 bits per heavy atom. The van der Waals surface area contributed by atoms with Crippen LogP contribution < -0.4 is 14.2 Å². The van der Waals surface area contributed by atoms with Gasteiger partial charge in [-0.25, -0.2) is 4.79 Å². The number of nitrogens with zero attached hydrogens (tertiary/aromatic N) is 1. The van der Waals surface area contributed by atoms with Crippen molar-refractivity contribution in [1.29, 1.82) is 0 Å². The highest BCUT2D eigenvalue weighted by Gasteiger charge is 2.40. The molecule has 0 N–H and O–H groups in total. The van der Waals surface area contributed by atoms with Crippen LogP contribution in [0.4, 0.5) is 0 Å². The number of benzene rings is 1. The second-order valence-electron chi connectivity index (χ2n) is 10.2. The first-order valence-corrected chi connectivity index (χ1v) is 14.2. The number of piperidine rings is 1. The summed E-state index contributed by atoms with van der Waals surface area (Å²) in [6, 6.07) is 3.23. The highest BCUT2D eigenvalue weighted by Crippen LogP contribution is 2.45. The molecule has 2 fully saturated rings. The van der Waals surface area contributed by atoms with Crippen LogP contribution in [-0.4, -0.2) is 70.0 Å². The number of hydrogen-bond donors (Lipinski definition) is 0. The third-order valence-corrected chi connectivity index (χ3v) is 7.54. The molecule has 8 nitrogen and oxygen atoms in total. The van der Waals surface area contributed by atoms with Crippen LogP contribution in [0.15, 0.2) is 37.4 Å². The number of carbonyl (C=O) groups is 2. The molecule has 1 saturated heterocycles. The molecular weight excluding hydrogens is 498 g/mol. The molecule has 0 radical (unpaired) electrons. The fraction of sp³-hybridized carbons (Fsp3) is 0.613. The van der Waals surface area contributed by atoms with E-state index >= 15 is 0 Å². The number of carbonyl (C=O) groups excluding carboxylic acids is 2. The molecule has 0 bridgehead atoms. The third-order valence-electron chi connectivity index (χ3n) is 7.54. The van der Waals surface area contributed by atoms with Crippen molar-refractivity contribution < 1.29 is 33.3 Å². The molecular formula is C31H45NO7. The summed E-state index contributed by atoms with van der Waals surface area (Å²) in [4.78, 5) is 29.0. The summed E-state index contributed by atoms with van der Waals surface area (Å²) in [7, 11) is 3.16. The summed E-state index contributed by atoms with van der Waals surface area (Å²) in [5.41, 5.74) is 0.825. The monoisotopic (exact) mass is 543 g/mol. The van der Waals surface area contributed by atoms with Gasteiger partial charge in [0.15, 0.2) is 11.5 Å². The Labute approximate surface area is 233 Å². The van der Waals surface area contributed by atoms with Crippen molar-refractivity contribution in [3.05, 3.63) is 43.0 Å². The number of methoxy groups -OCH3 is 2. The number of rotatable bonds is 15. The average Bonchev–Trinajstić information content (AvgIpc) is 2.98. The minimum atomic E-state index is -0.580. The van der Waals surface area contributed by atoms with E-state index in [4.69, 9.17) is 23.7 Å². The zero-order valence-corrected chi connectivity index (χ0v) is 23.7.